The molecule has 0 N–H and O–H groups in total. The summed E-state index contributed by atoms with van der Waals surface area (Å²) >= 11 is 0. The van der Waals surface area contributed by atoms with Crippen LogP contribution in [-0.4, -0.2) is 57.0 Å². The average molecular weight is 379 g/mol. The fraction of sp³-hybridized carbons (Fsp3) is 0.471. The lowest BCUT2D eigenvalue weighted by Gasteiger charge is -2.28. The van der Waals surface area contributed by atoms with Crippen molar-refractivity contribution < 1.29 is 22.7 Å². The standard InChI is InChI=1S/C17H21N3O5S/c1-25-15(21)12-20-13-8-4-5-9-14(13)26(23,24)16(18-20)17(22)19-10-6-2-3-7-11-19/h4-5,8-9H,2-3,6-7,10-12H2,1H3. The molecule has 1 aromatic rings. The quantitative estimate of drug-likeness (QED) is 0.732. The summed E-state index contributed by atoms with van der Waals surface area (Å²) in [7, 11) is -2.82. The molecule has 0 spiro atoms. The van der Waals surface area contributed by atoms with Crippen molar-refractivity contribution in [1.29, 1.82) is 0 Å². The van der Waals surface area contributed by atoms with E-state index in [9.17, 15) is 18.0 Å². The zero-order valence-electron chi connectivity index (χ0n) is 14.6. The van der Waals surface area contributed by atoms with E-state index >= 15 is 0 Å². The lowest BCUT2D eigenvalue weighted by atomic mass is 10.2. The lowest BCUT2D eigenvalue weighted by molar-refractivity contribution is -0.139. The first-order valence-corrected chi connectivity index (χ1v) is 10.00. The molecule has 0 bridgehead atoms. The normalized spacial score (nSPS) is 19.2. The van der Waals surface area contributed by atoms with Gasteiger partial charge in [-0.3, -0.25) is 14.6 Å². The molecule has 1 aromatic carbocycles. The highest BCUT2D eigenvalue weighted by Gasteiger charge is 2.39. The van der Waals surface area contributed by atoms with Crippen LogP contribution >= 0.6 is 0 Å². The molecule has 0 aromatic heterocycles. The number of sulfone groups is 1. The number of carbonyl (C=O) groups is 2. The van der Waals surface area contributed by atoms with E-state index in [2.05, 4.69) is 9.84 Å². The molecule has 0 radical (unpaired) electrons. The molecule has 2 aliphatic rings. The molecule has 0 aliphatic carbocycles. The van der Waals surface area contributed by atoms with E-state index in [0.29, 0.717) is 13.1 Å². The van der Waals surface area contributed by atoms with Crippen LogP contribution in [0.3, 0.4) is 0 Å². The number of rotatable bonds is 3. The zero-order chi connectivity index (χ0) is 18.7. The van der Waals surface area contributed by atoms with Crippen LogP contribution in [0, 0.1) is 0 Å². The maximum absolute atomic E-state index is 13.0. The Labute approximate surface area is 152 Å². The van der Waals surface area contributed by atoms with Gasteiger partial charge in [-0.2, -0.15) is 5.10 Å². The van der Waals surface area contributed by atoms with Crippen molar-refractivity contribution in [3.05, 3.63) is 24.3 Å². The number of carbonyl (C=O) groups excluding carboxylic acids is 2. The van der Waals surface area contributed by atoms with Crippen molar-refractivity contribution in [2.75, 3.05) is 31.8 Å². The van der Waals surface area contributed by atoms with Crippen molar-refractivity contribution in [1.82, 2.24) is 4.90 Å². The Hall–Kier alpha value is -2.42. The number of nitrogens with zero attached hydrogens (tertiary/aromatic N) is 3. The van der Waals surface area contributed by atoms with E-state index in [0.717, 1.165) is 25.7 Å². The molecular weight excluding hydrogens is 358 g/mol. The van der Waals surface area contributed by atoms with Gasteiger partial charge in [0.2, 0.25) is 14.9 Å². The Morgan fingerprint density at radius 2 is 1.77 bits per heavy atom. The summed E-state index contributed by atoms with van der Waals surface area (Å²) in [6.45, 7) is 0.734. The van der Waals surface area contributed by atoms with E-state index < -0.39 is 26.8 Å². The van der Waals surface area contributed by atoms with Crippen molar-refractivity contribution in [3.63, 3.8) is 0 Å². The summed E-state index contributed by atoms with van der Waals surface area (Å²) in [5.74, 6) is -1.19. The molecule has 9 heteroatoms. The maximum atomic E-state index is 13.0. The van der Waals surface area contributed by atoms with Gasteiger partial charge >= 0.3 is 5.97 Å². The Morgan fingerprint density at radius 3 is 2.42 bits per heavy atom. The Morgan fingerprint density at radius 1 is 1.12 bits per heavy atom. The summed E-state index contributed by atoms with van der Waals surface area (Å²) in [6, 6.07) is 6.19. The first-order chi connectivity index (χ1) is 12.4. The molecule has 2 heterocycles. The predicted molar refractivity (Wildman–Crippen MR) is 95.5 cm³/mol. The second kappa shape index (κ2) is 7.45. The number of para-hydroxylation sites is 1. The largest absolute Gasteiger partial charge is 0.468 e. The number of methoxy groups -OCH3 is 1. The van der Waals surface area contributed by atoms with Gasteiger partial charge in [-0.1, -0.05) is 25.0 Å². The van der Waals surface area contributed by atoms with Crippen LogP contribution in [0.2, 0.25) is 0 Å². The molecule has 2 aliphatic heterocycles. The van der Waals surface area contributed by atoms with Crippen LogP contribution in [0.15, 0.2) is 34.3 Å². The second-order valence-electron chi connectivity index (χ2n) is 6.22. The minimum Gasteiger partial charge on any atom is -0.468 e. The predicted octanol–water partition coefficient (Wildman–Crippen LogP) is 1.17. The van der Waals surface area contributed by atoms with Gasteiger partial charge in [0.15, 0.2) is 0 Å². The number of hydrogen-bond donors (Lipinski definition) is 0. The van der Waals surface area contributed by atoms with Crippen LogP contribution < -0.4 is 5.01 Å². The monoisotopic (exact) mass is 379 g/mol. The fourth-order valence-electron chi connectivity index (χ4n) is 3.09. The van der Waals surface area contributed by atoms with E-state index in [-0.39, 0.29) is 17.1 Å². The van der Waals surface area contributed by atoms with E-state index in [1.807, 2.05) is 0 Å². The lowest BCUT2D eigenvalue weighted by Crippen LogP contribution is -2.44. The number of amides is 1. The number of fused-ring (bicyclic) bond motifs is 1. The Bertz CT molecular complexity index is 842. The zero-order valence-corrected chi connectivity index (χ0v) is 15.4. The van der Waals surface area contributed by atoms with Crippen LogP contribution in [0.1, 0.15) is 25.7 Å². The maximum Gasteiger partial charge on any atom is 0.327 e. The second-order valence-corrected chi connectivity index (χ2v) is 8.05. The molecule has 8 nitrogen and oxygen atoms in total. The third kappa shape index (κ3) is 3.44. The third-order valence-corrected chi connectivity index (χ3v) is 6.17. The molecule has 1 fully saturated rings. The number of ether oxygens (including phenoxy) is 1. The first kappa shape index (κ1) is 18.4. The molecule has 140 valence electrons. The number of likely N-dealkylation sites (tertiary alicyclic amines) is 1. The average Bonchev–Trinajstić information content (AvgIpc) is 2.93. The topological polar surface area (TPSA) is 96.3 Å². The van der Waals surface area contributed by atoms with Crippen LogP contribution in [0.5, 0.6) is 0 Å². The van der Waals surface area contributed by atoms with Gasteiger partial charge in [0, 0.05) is 13.1 Å². The van der Waals surface area contributed by atoms with Gasteiger partial charge in [-0.15, -0.1) is 0 Å². The van der Waals surface area contributed by atoms with Crippen molar-refractivity contribution >= 4 is 32.4 Å². The summed E-state index contributed by atoms with van der Waals surface area (Å²) in [4.78, 5) is 26.1. The van der Waals surface area contributed by atoms with Crippen LogP contribution in [-0.2, 0) is 24.2 Å². The minimum absolute atomic E-state index is 0.0305. The highest BCUT2D eigenvalue weighted by molar-refractivity contribution is 8.08. The van der Waals surface area contributed by atoms with Gasteiger partial charge in [0.25, 0.3) is 5.91 Å². The van der Waals surface area contributed by atoms with Crippen LogP contribution in [0.25, 0.3) is 0 Å². The summed E-state index contributed by atoms with van der Waals surface area (Å²) in [5.41, 5.74) is 0.255. The van der Waals surface area contributed by atoms with E-state index in [1.165, 1.54) is 23.1 Å². The van der Waals surface area contributed by atoms with Crippen molar-refractivity contribution in [2.45, 2.75) is 30.6 Å². The van der Waals surface area contributed by atoms with Crippen molar-refractivity contribution in [3.8, 4) is 0 Å². The molecule has 1 saturated heterocycles. The summed E-state index contributed by atoms with van der Waals surface area (Å²) in [6.07, 6.45) is 3.70. The number of anilines is 1. The smallest absolute Gasteiger partial charge is 0.327 e. The minimum atomic E-state index is -4.05. The molecule has 0 unspecified atom stereocenters. The third-order valence-electron chi connectivity index (χ3n) is 4.48. The summed E-state index contributed by atoms with van der Waals surface area (Å²) < 4.78 is 30.6. The highest BCUT2D eigenvalue weighted by Crippen LogP contribution is 2.32. The number of hydrogen-bond acceptors (Lipinski definition) is 7. The number of benzene rings is 1. The molecular formula is C17H21N3O5S. The molecule has 1 amide bonds. The summed E-state index contributed by atoms with van der Waals surface area (Å²) in [5, 5.41) is 4.72. The molecule has 3 rings (SSSR count). The van der Waals surface area contributed by atoms with Gasteiger partial charge < -0.3 is 9.64 Å². The first-order valence-electron chi connectivity index (χ1n) is 8.51. The van der Waals surface area contributed by atoms with Gasteiger partial charge in [-0.05, 0) is 25.0 Å². The van der Waals surface area contributed by atoms with E-state index in [4.69, 9.17) is 0 Å². The Kier molecular flexibility index (Phi) is 5.26. The number of hydrazone groups is 1. The van der Waals surface area contributed by atoms with Gasteiger partial charge in [0.1, 0.15) is 6.54 Å². The van der Waals surface area contributed by atoms with E-state index in [1.54, 1.807) is 18.2 Å². The number of esters is 1. The van der Waals surface area contributed by atoms with Gasteiger partial charge in [-0.25, -0.2) is 8.42 Å². The SMILES string of the molecule is COC(=O)CN1N=C(C(=O)N2CCCCCC2)S(=O)(=O)c2ccccc21. The molecule has 0 saturated carbocycles. The van der Waals surface area contributed by atoms with Crippen molar-refractivity contribution in [2.24, 2.45) is 5.10 Å². The molecule has 0 atom stereocenters. The Balaban J connectivity index is 2.02. The fourth-order valence-corrected chi connectivity index (χ4v) is 4.57. The highest BCUT2D eigenvalue weighted by atomic mass is 32.2. The molecule has 26 heavy (non-hydrogen) atoms. The van der Waals surface area contributed by atoms with Crippen LogP contribution in [0.4, 0.5) is 5.69 Å². The van der Waals surface area contributed by atoms with Gasteiger partial charge in [0.05, 0.1) is 17.7 Å².